The first kappa shape index (κ1) is 16.3. The molecule has 0 N–H and O–H groups in total. The molecule has 0 fully saturated rings. The van der Waals surface area contributed by atoms with Crippen LogP contribution in [0.15, 0.2) is 6.07 Å². The highest BCUT2D eigenvalue weighted by atomic mass is 15.2. The van der Waals surface area contributed by atoms with Crippen LogP contribution in [0.1, 0.15) is 39.1 Å². The van der Waals surface area contributed by atoms with E-state index in [1.54, 1.807) is 0 Å². The molecule has 1 aromatic rings. The normalized spacial score (nSPS) is 8.00. The average molecular weight is 211 g/mol. The van der Waals surface area contributed by atoms with E-state index in [1.165, 1.54) is 0 Å². The van der Waals surface area contributed by atoms with Crippen LogP contribution in [0, 0.1) is 13.8 Å². The molecule has 0 atom stereocenters. The quantitative estimate of drug-likeness (QED) is 0.714. The molecule has 0 aliphatic carbocycles. The maximum absolute atomic E-state index is 4.25. The van der Waals surface area contributed by atoms with E-state index in [0.717, 1.165) is 17.3 Å². The van der Waals surface area contributed by atoms with E-state index in [9.17, 15) is 0 Å². The van der Waals surface area contributed by atoms with Crippen LogP contribution < -0.4 is 4.90 Å². The predicted octanol–water partition coefficient (Wildman–Crippen LogP) is 3.21. The summed E-state index contributed by atoms with van der Waals surface area (Å²) in [6.07, 6.45) is 0. The van der Waals surface area contributed by atoms with Gasteiger partial charge in [-0.3, -0.25) is 0 Å². The van der Waals surface area contributed by atoms with Crippen molar-refractivity contribution in [1.82, 2.24) is 9.97 Å². The standard InChI is InChI=1S/C8H13N3.2C2H6/c1-6-5-7(2)10-8(9-6)11(3)4;2*1-2/h5H,1-4H3;2*1-2H3. The van der Waals surface area contributed by atoms with Gasteiger partial charge < -0.3 is 4.90 Å². The molecule has 0 amide bonds. The van der Waals surface area contributed by atoms with Gasteiger partial charge in [0.05, 0.1) is 0 Å². The Labute approximate surface area is 94.6 Å². The summed E-state index contributed by atoms with van der Waals surface area (Å²) in [6, 6.07) is 1.97. The van der Waals surface area contributed by atoms with Crippen molar-refractivity contribution in [2.24, 2.45) is 0 Å². The van der Waals surface area contributed by atoms with Gasteiger partial charge in [0.2, 0.25) is 5.95 Å². The van der Waals surface area contributed by atoms with Gasteiger partial charge in [-0.1, -0.05) is 27.7 Å². The van der Waals surface area contributed by atoms with E-state index in [1.807, 2.05) is 66.6 Å². The van der Waals surface area contributed by atoms with Crippen LogP contribution in [0.2, 0.25) is 0 Å². The fraction of sp³-hybridized carbons (Fsp3) is 0.667. The highest BCUT2D eigenvalue weighted by Gasteiger charge is 1.99. The summed E-state index contributed by atoms with van der Waals surface area (Å²) in [5.41, 5.74) is 2.03. The Morgan fingerprint density at radius 3 is 1.47 bits per heavy atom. The number of hydrogen-bond acceptors (Lipinski definition) is 3. The first-order chi connectivity index (χ1) is 7.09. The molecule has 0 radical (unpaired) electrons. The van der Waals surface area contributed by atoms with Gasteiger partial charge in [0.1, 0.15) is 0 Å². The van der Waals surface area contributed by atoms with Gasteiger partial charge in [0.15, 0.2) is 0 Å². The van der Waals surface area contributed by atoms with Crippen molar-refractivity contribution in [3.05, 3.63) is 17.5 Å². The third kappa shape index (κ3) is 6.89. The molecule has 0 aromatic carbocycles. The largest absolute Gasteiger partial charge is 0.347 e. The van der Waals surface area contributed by atoms with Crippen LogP contribution in [0.5, 0.6) is 0 Å². The molecule has 88 valence electrons. The Bertz CT molecular complexity index is 237. The average Bonchev–Trinajstić information content (AvgIpc) is 2.22. The molecule has 15 heavy (non-hydrogen) atoms. The fourth-order valence-corrected chi connectivity index (χ4v) is 0.907. The van der Waals surface area contributed by atoms with Crippen molar-refractivity contribution in [3.8, 4) is 0 Å². The molecule has 0 aliphatic rings. The Hall–Kier alpha value is -1.12. The van der Waals surface area contributed by atoms with E-state index in [0.29, 0.717) is 0 Å². The monoisotopic (exact) mass is 211 g/mol. The second-order valence-corrected chi connectivity index (χ2v) is 2.85. The SMILES string of the molecule is CC.CC.Cc1cc(C)nc(N(C)C)n1. The minimum atomic E-state index is 0.780. The lowest BCUT2D eigenvalue weighted by Crippen LogP contribution is -2.13. The van der Waals surface area contributed by atoms with Crippen molar-refractivity contribution >= 4 is 5.95 Å². The van der Waals surface area contributed by atoms with Gasteiger partial charge in [-0.25, -0.2) is 9.97 Å². The van der Waals surface area contributed by atoms with Gasteiger partial charge in [0.25, 0.3) is 0 Å². The summed E-state index contributed by atoms with van der Waals surface area (Å²) in [5, 5.41) is 0. The third-order valence-electron chi connectivity index (χ3n) is 1.37. The summed E-state index contributed by atoms with van der Waals surface area (Å²) < 4.78 is 0. The molecular weight excluding hydrogens is 186 g/mol. The highest BCUT2D eigenvalue weighted by Crippen LogP contribution is 2.05. The van der Waals surface area contributed by atoms with Crippen molar-refractivity contribution in [1.29, 1.82) is 0 Å². The van der Waals surface area contributed by atoms with Crippen LogP contribution in [-0.2, 0) is 0 Å². The van der Waals surface area contributed by atoms with E-state index in [-0.39, 0.29) is 0 Å². The smallest absolute Gasteiger partial charge is 0.225 e. The lowest BCUT2D eigenvalue weighted by atomic mass is 10.4. The number of aryl methyl sites for hydroxylation is 2. The second kappa shape index (κ2) is 9.44. The zero-order valence-electron chi connectivity index (χ0n) is 11.4. The van der Waals surface area contributed by atoms with Crippen LogP contribution >= 0.6 is 0 Å². The number of nitrogens with zero attached hydrogens (tertiary/aromatic N) is 3. The number of aromatic nitrogens is 2. The van der Waals surface area contributed by atoms with Crippen molar-refractivity contribution in [2.75, 3.05) is 19.0 Å². The summed E-state index contributed by atoms with van der Waals surface area (Å²) in [5.74, 6) is 0.780. The highest BCUT2D eigenvalue weighted by molar-refractivity contribution is 5.29. The molecule has 3 nitrogen and oxygen atoms in total. The molecule has 0 unspecified atom stereocenters. The molecule has 0 bridgehead atoms. The fourth-order valence-electron chi connectivity index (χ4n) is 0.907. The Balaban J connectivity index is 0. The summed E-state index contributed by atoms with van der Waals surface area (Å²) in [6.45, 7) is 11.9. The van der Waals surface area contributed by atoms with E-state index < -0.39 is 0 Å². The lowest BCUT2D eigenvalue weighted by molar-refractivity contribution is 0.956. The lowest BCUT2D eigenvalue weighted by Gasteiger charge is -2.10. The summed E-state index contributed by atoms with van der Waals surface area (Å²) in [7, 11) is 3.88. The van der Waals surface area contributed by atoms with Crippen molar-refractivity contribution in [3.63, 3.8) is 0 Å². The van der Waals surface area contributed by atoms with Crippen LogP contribution in [0.3, 0.4) is 0 Å². The number of rotatable bonds is 1. The Morgan fingerprint density at radius 2 is 1.20 bits per heavy atom. The topological polar surface area (TPSA) is 29.0 Å². The van der Waals surface area contributed by atoms with Gasteiger partial charge in [-0.05, 0) is 19.9 Å². The molecule has 0 saturated carbocycles. The van der Waals surface area contributed by atoms with E-state index >= 15 is 0 Å². The molecule has 3 heteroatoms. The van der Waals surface area contributed by atoms with Crippen molar-refractivity contribution in [2.45, 2.75) is 41.5 Å². The zero-order valence-corrected chi connectivity index (χ0v) is 11.4. The van der Waals surface area contributed by atoms with Gasteiger partial charge >= 0.3 is 0 Å². The predicted molar refractivity (Wildman–Crippen MR) is 68.5 cm³/mol. The zero-order chi connectivity index (χ0) is 12.4. The van der Waals surface area contributed by atoms with E-state index in [2.05, 4.69) is 9.97 Å². The molecule has 1 heterocycles. The number of anilines is 1. The minimum absolute atomic E-state index is 0.780. The van der Waals surface area contributed by atoms with Crippen molar-refractivity contribution < 1.29 is 0 Å². The Kier molecular flexibility index (Phi) is 10.3. The first-order valence-electron chi connectivity index (χ1n) is 5.59. The van der Waals surface area contributed by atoms with Crippen LogP contribution in [0.4, 0.5) is 5.95 Å². The summed E-state index contributed by atoms with van der Waals surface area (Å²) >= 11 is 0. The summed E-state index contributed by atoms with van der Waals surface area (Å²) in [4.78, 5) is 10.4. The maximum atomic E-state index is 4.25. The molecule has 1 rings (SSSR count). The molecule has 1 aromatic heterocycles. The molecule has 0 saturated heterocycles. The second-order valence-electron chi connectivity index (χ2n) is 2.85. The van der Waals surface area contributed by atoms with Crippen LogP contribution in [0.25, 0.3) is 0 Å². The minimum Gasteiger partial charge on any atom is -0.347 e. The number of hydrogen-bond donors (Lipinski definition) is 0. The van der Waals surface area contributed by atoms with Gasteiger partial charge in [0, 0.05) is 25.5 Å². The molecular formula is C12H25N3. The molecule has 0 spiro atoms. The van der Waals surface area contributed by atoms with E-state index in [4.69, 9.17) is 0 Å². The molecule has 0 aliphatic heterocycles. The maximum Gasteiger partial charge on any atom is 0.225 e. The third-order valence-corrected chi connectivity index (χ3v) is 1.37. The first-order valence-corrected chi connectivity index (χ1v) is 5.59. The van der Waals surface area contributed by atoms with Gasteiger partial charge in [-0.2, -0.15) is 0 Å². The Morgan fingerprint density at radius 1 is 0.867 bits per heavy atom. The van der Waals surface area contributed by atoms with Gasteiger partial charge in [-0.15, -0.1) is 0 Å². The van der Waals surface area contributed by atoms with Crippen LogP contribution in [-0.4, -0.2) is 24.1 Å².